The number of allylic oxidation sites excluding steroid dienone is 1. The number of rotatable bonds is 2. The molecule has 1 aliphatic rings. The van der Waals surface area contributed by atoms with Gasteiger partial charge in [-0.25, -0.2) is 4.39 Å². The molecule has 1 aliphatic carbocycles. The summed E-state index contributed by atoms with van der Waals surface area (Å²) in [6, 6.07) is 9.39. The number of hydrogen-bond donors (Lipinski definition) is 1. The Kier molecular flexibility index (Phi) is 3.22. The second kappa shape index (κ2) is 5.05. The molecule has 2 aromatic carbocycles. The van der Waals surface area contributed by atoms with Gasteiger partial charge in [0.1, 0.15) is 5.82 Å². The SMILES string of the molecule is COc1ccc(C=C2Cc3c(F)cccc3C2=O)cc1O. The Morgan fingerprint density at radius 3 is 2.76 bits per heavy atom. The maximum absolute atomic E-state index is 13.7. The second-order valence-corrected chi connectivity index (χ2v) is 4.87. The van der Waals surface area contributed by atoms with E-state index in [1.54, 1.807) is 24.3 Å². The number of hydrogen-bond acceptors (Lipinski definition) is 3. The highest BCUT2D eigenvalue weighted by molar-refractivity contribution is 6.15. The smallest absolute Gasteiger partial charge is 0.189 e. The van der Waals surface area contributed by atoms with Gasteiger partial charge in [0, 0.05) is 23.1 Å². The van der Waals surface area contributed by atoms with E-state index in [4.69, 9.17) is 4.74 Å². The predicted molar refractivity (Wildman–Crippen MR) is 77.1 cm³/mol. The van der Waals surface area contributed by atoms with Gasteiger partial charge >= 0.3 is 0 Å². The number of ether oxygens (including phenoxy) is 1. The fourth-order valence-corrected chi connectivity index (χ4v) is 2.51. The number of phenols is 1. The Balaban J connectivity index is 1.98. The molecule has 3 nitrogen and oxygen atoms in total. The van der Waals surface area contributed by atoms with E-state index >= 15 is 0 Å². The summed E-state index contributed by atoms with van der Waals surface area (Å²) in [5.74, 6) is -0.160. The van der Waals surface area contributed by atoms with E-state index in [0.29, 0.717) is 28.0 Å². The number of ketones is 1. The van der Waals surface area contributed by atoms with Crippen molar-refractivity contribution < 1.29 is 19.0 Å². The molecule has 0 fully saturated rings. The molecular weight excluding hydrogens is 271 g/mol. The first kappa shape index (κ1) is 13.4. The first-order chi connectivity index (χ1) is 10.1. The monoisotopic (exact) mass is 284 g/mol. The van der Waals surface area contributed by atoms with E-state index in [1.807, 2.05) is 0 Å². The average molecular weight is 284 g/mol. The van der Waals surface area contributed by atoms with Gasteiger partial charge in [-0.05, 0) is 29.8 Å². The number of carbonyl (C=O) groups is 1. The van der Waals surface area contributed by atoms with Gasteiger partial charge in [-0.3, -0.25) is 4.79 Å². The molecule has 106 valence electrons. The van der Waals surface area contributed by atoms with Crippen LogP contribution >= 0.6 is 0 Å². The summed E-state index contributed by atoms with van der Waals surface area (Å²) in [5, 5.41) is 9.75. The first-order valence-electron chi connectivity index (χ1n) is 6.50. The quantitative estimate of drug-likeness (QED) is 0.860. The second-order valence-electron chi connectivity index (χ2n) is 4.87. The lowest BCUT2D eigenvalue weighted by molar-refractivity contribution is 0.104. The van der Waals surface area contributed by atoms with Crippen LogP contribution in [0.25, 0.3) is 6.08 Å². The summed E-state index contributed by atoms with van der Waals surface area (Å²) in [6.07, 6.45) is 1.94. The van der Waals surface area contributed by atoms with Crippen molar-refractivity contribution in [2.45, 2.75) is 6.42 Å². The zero-order valence-corrected chi connectivity index (χ0v) is 11.4. The maximum atomic E-state index is 13.7. The third kappa shape index (κ3) is 2.29. The van der Waals surface area contributed by atoms with Crippen LogP contribution in [0.5, 0.6) is 11.5 Å². The number of fused-ring (bicyclic) bond motifs is 1. The van der Waals surface area contributed by atoms with Crippen LogP contribution in [-0.4, -0.2) is 18.0 Å². The van der Waals surface area contributed by atoms with Crippen molar-refractivity contribution in [3.63, 3.8) is 0 Å². The lowest BCUT2D eigenvalue weighted by Gasteiger charge is -2.04. The molecular formula is C17H13FO3. The summed E-state index contributed by atoms with van der Waals surface area (Å²) in [7, 11) is 1.47. The van der Waals surface area contributed by atoms with Crippen LogP contribution in [0.2, 0.25) is 0 Å². The molecule has 0 saturated heterocycles. The normalized spacial score (nSPS) is 15.3. The van der Waals surface area contributed by atoms with Gasteiger partial charge in [-0.2, -0.15) is 0 Å². The van der Waals surface area contributed by atoms with Crippen molar-refractivity contribution >= 4 is 11.9 Å². The van der Waals surface area contributed by atoms with Crippen LogP contribution in [0.3, 0.4) is 0 Å². The van der Waals surface area contributed by atoms with Gasteiger partial charge in [0.05, 0.1) is 7.11 Å². The minimum atomic E-state index is -0.359. The van der Waals surface area contributed by atoms with Crippen LogP contribution in [0.1, 0.15) is 21.5 Å². The molecule has 3 rings (SSSR count). The Bertz CT molecular complexity index is 763. The highest BCUT2D eigenvalue weighted by atomic mass is 19.1. The summed E-state index contributed by atoms with van der Waals surface area (Å²) in [4.78, 5) is 12.2. The molecule has 0 aromatic heterocycles. The van der Waals surface area contributed by atoms with E-state index < -0.39 is 0 Å². The predicted octanol–water partition coefficient (Wildman–Crippen LogP) is 3.36. The fraction of sp³-hybridized carbons (Fsp3) is 0.118. The molecule has 0 aliphatic heterocycles. The highest BCUT2D eigenvalue weighted by Crippen LogP contribution is 2.31. The number of methoxy groups -OCH3 is 1. The number of carbonyl (C=O) groups excluding carboxylic acids is 1. The molecule has 0 spiro atoms. The van der Waals surface area contributed by atoms with Crippen molar-refractivity contribution in [2.75, 3.05) is 7.11 Å². The molecule has 4 heteroatoms. The minimum Gasteiger partial charge on any atom is -0.504 e. The number of halogens is 1. The Morgan fingerprint density at radius 2 is 2.10 bits per heavy atom. The van der Waals surface area contributed by atoms with E-state index in [9.17, 15) is 14.3 Å². The standard InChI is InChI=1S/C17H13FO3/c1-21-16-6-5-10(8-15(16)19)7-11-9-13-12(17(11)20)3-2-4-14(13)18/h2-8,19H,9H2,1H3. The first-order valence-corrected chi connectivity index (χ1v) is 6.50. The molecule has 0 bridgehead atoms. The summed E-state index contributed by atoms with van der Waals surface area (Å²) in [6.45, 7) is 0. The van der Waals surface area contributed by atoms with Gasteiger partial charge in [0.15, 0.2) is 17.3 Å². The Labute approximate surface area is 121 Å². The average Bonchev–Trinajstić information content (AvgIpc) is 2.78. The lowest BCUT2D eigenvalue weighted by atomic mass is 10.1. The number of Topliss-reactive ketones (excluding diaryl/α,β-unsaturated/α-hetero) is 1. The lowest BCUT2D eigenvalue weighted by Crippen LogP contribution is -1.95. The third-order valence-electron chi connectivity index (χ3n) is 3.57. The zero-order valence-electron chi connectivity index (χ0n) is 11.4. The van der Waals surface area contributed by atoms with E-state index in [2.05, 4.69) is 0 Å². The summed E-state index contributed by atoms with van der Waals surface area (Å²) >= 11 is 0. The molecule has 0 atom stereocenters. The molecule has 21 heavy (non-hydrogen) atoms. The van der Waals surface area contributed by atoms with E-state index in [0.717, 1.165) is 0 Å². The van der Waals surface area contributed by atoms with Crippen molar-refractivity contribution in [2.24, 2.45) is 0 Å². The van der Waals surface area contributed by atoms with Crippen molar-refractivity contribution in [1.82, 2.24) is 0 Å². The minimum absolute atomic E-state index is 0.000917. The van der Waals surface area contributed by atoms with Gasteiger partial charge in [-0.1, -0.05) is 18.2 Å². The van der Waals surface area contributed by atoms with Crippen LogP contribution in [0, 0.1) is 5.82 Å². The number of benzene rings is 2. The maximum Gasteiger partial charge on any atom is 0.189 e. The van der Waals surface area contributed by atoms with Crippen LogP contribution in [0.4, 0.5) is 4.39 Å². The van der Waals surface area contributed by atoms with Crippen molar-refractivity contribution in [1.29, 1.82) is 0 Å². The van der Waals surface area contributed by atoms with E-state index in [1.165, 1.54) is 25.3 Å². The Hall–Kier alpha value is -2.62. The van der Waals surface area contributed by atoms with Crippen molar-refractivity contribution in [3.8, 4) is 11.5 Å². The molecule has 0 radical (unpaired) electrons. The molecule has 0 heterocycles. The molecule has 1 N–H and O–H groups in total. The fourth-order valence-electron chi connectivity index (χ4n) is 2.51. The molecule has 0 unspecified atom stereocenters. The highest BCUT2D eigenvalue weighted by Gasteiger charge is 2.27. The molecule has 2 aromatic rings. The molecule has 0 saturated carbocycles. The largest absolute Gasteiger partial charge is 0.504 e. The number of phenolic OH excluding ortho intramolecular Hbond substituents is 1. The topological polar surface area (TPSA) is 46.5 Å². The molecule has 0 amide bonds. The Morgan fingerprint density at radius 1 is 1.29 bits per heavy atom. The van der Waals surface area contributed by atoms with Gasteiger partial charge in [0.2, 0.25) is 0 Å². The van der Waals surface area contributed by atoms with Gasteiger partial charge in [-0.15, -0.1) is 0 Å². The number of aromatic hydroxyl groups is 1. The van der Waals surface area contributed by atoms with E-state index in [-0.39, 0.29) is 23.8 Å². The summed E-state index contributed by atoms with van der Waals surface area (Å²) < 4.78 is 18.7. The van der Waals surface area contributed by atoms with Crippen molar-refractivity contribution in [3.05, 3.63) is 64.5 Å². The van der Waals surface area contributed by atoms with Gasteiger partial charge in [0.25, 0.3) is 0 Å². The van der Waals surface area contributed by atoms with Crippen LogP contribution in [-0.2, 0) is 6.42 Å². The van der Waals surface area contributed by atoms with Crippen LogP contribution < -0.4 is 4.74 Å². The third-order valence-corrected chi connectivity index (χ3v) is 3.57. The van der Waals surface area contributed by atoms with Gasteiger partial charge < -0.3 is 9.84 Å². The zero-order chi connectivity index (χ0) is 15.0. The van der Waals surface area contributed by atoms with Crippen LogP contribution in [0.15, 0.2) is 42.0 Å². The summed E-state index contributed by atoms with van der Waals surface area (Å²) in [5.41, 5.74) is 2.04.